The highest BCUT2D eigenvalue weighted by atomic mass is 16.5. The van der Waals surface area contributed by atoms with Gasteiger partial charge < -0.3 is 14.8 Å². The molecule has 1 aromatic heterocycles. The Kier molecular flexibility index (Phi) is 7.90. The molecule has 0 spiro atoms. The molecule has 2 N–H and O–H groups in total. The second-order valence-electron chi connectivity index (χ2n) is 9.71. The zero-order valence-corrected chi connectivity index (χ0v) is 22.2. The molecule has 0 saturated heterocycles. The van der Waals surface area contributed by atoms with Crippen LogP contribution < -0.4 is 14.8 Å². The van der Waals surface area contributed by atoms with Gasteiger partial charge in [0.25, 0.3) is 5.91 Å². The van der Waals surface area contributed by atoms with E-state index in [9.17, 15) is 10.1 Å². The molecule has 0 saturated carbocycles. The van der Waals surface area contributed by atoms with E-state index in [-0.39, 0.29) is 5.91 Å². The number of methoxy groups -OCH3 is 2. The topological polar surface area (TPSA) is 103 Å². The van der Waals surface area contributed by atoms with E-state index in [2.05, 4.69) is 32.5 Å². The summed E-state index contributed by atoms with van der Waals surface area (Å²) in [6.45, 7) is 2.58. The number of anilines is 1. The summed E-state index contributed by atoms with van der Waals surface area (Å²) < 4.78 is 10.7. The number of nitriles is 1. The Hall–Kier alpha value is -4.61. The zero-order chi connectivity index (χ0) is 27.2. The van der Waals surface area contributed by atoms with Crippen LogP contribution in [0.15, 0.2) is 66.7 Å². The molecule has 0 bridgehead atoms. The lowest BCUT2D eigenvalue weighted by molar-refractivity contribution is 0.102. The van der Waals surface area contributed by atoms with Crippen molar-refractivity contribution < 1.29 is 14.3 Å². The van der Waals surface area contributed by atoms with E-state index in [0.29, 0.717) is 16.9 Å². The fraction of sp³-hybridized carbons (Fsp3) is 0.258. The first-order valence-corrected chi connectivity index (χ1v) is 12.9. The number of carbonyl (C=O) groups excluding carboxylic acids is 1. The lowest BCUT2D eigenvalue weighted by Gasteiger charge is -2.29. The number of rotatable bonds is 9. The highest BCUT2D eigenvalue weighted by Crippen LogP contribution is 2.24. The van der Waals surface area contributed by atoms with E-state index in [1.807, 2.05) is 60.7 Å². The van der Waals surface area contributed by atoms with Gasteiger partial charge >= 0.3 is 0 Å². The van der Waals surface area contributed by atoms with Crippen molar-refractivity contribution in [2.75, 3.05) is 26.1 Å². The summed E-state index contributed by atoms with van der Waals surface area (Å²) in [6.07, 6.45) is 2.47. The van der Waals surface area contributed by atoms with Crippen molar-refractivity contribution in [2.24, 2.45) is 0 Å². The van der Waals surface area contributed by atoms with Crippen LogP contribution in [0.5, 0.6) is 11.5 Å². The average Bonchev–Trinajstić information content (AvgIpc) is 3.42. The summed E-state index contributed by atoms with van der Waals surface area (Å²) in [4.78, 5) is 15.2. The van der Waals surface area contributed by atoms with Gasteiger partial charge in [-0.1, -0.05) is 18.2 Å². The SMILES string of the molecule is COc1cc(CCc2cc(NC(=O)c3ccc(CN4CCc5ccc(C#N)cc5C4)cc3)n[nH]2)cc(OC)c1. The lowest BCUT2D eigenvalue weighted by Crippen LogP contribution is -2.30. The van der Waals surface area contributed by atoms with Crippen molar-refractivity contribution in [1.82, 2.24) is 15.1 Å². The Morgan fingerprint density at radius 3 is 2.46 bits per heavy atom. The molecule has 0 unspecified atom stereocenters. The monoisotopic (exact) mass is 521 g/mol. The quantitative estimate of drug-likeness (QED) is 0.325. The first-order valence-electron chi connectivity index (χ1n) is 12.9. The van der Waals surface area contributed by atoms with Gasteiger partial charge in [-0.3, -0.25) is 14.8 Å². The molecule has 8 heteroatoms. The molecule has 8 nitrogen and oxygen atoms in total. The van der Waals surface area contributed by atoms with E-state index < -0.39 is 0 Å². The molecule has 1 amide bonds. The van der Waals surface area contributed by atoms with Gasteiger partial charge in [0.05, 0.1) is 25.9 Å². The molecule has 3 aromatic carbocycles. The third-order valence-electron chi connectivity index (χ3n) is 7.02. The van der Waals surface area contributed by atoms with Gasteiger partial charge in [-0.25, -0.2) is 0 Å². The number of hydrogen-bond acceptors (Lipinski definition) is 6. The minimum Gasteiger partial charge on any atom is -0.497 e. The largest absolute Gasteiger partial charge is 0.497 e. The molecule has 2 heterocycles. The fourth-order valence-electron chi connectivity index (χ4n) is 4.87. The number of ether oxygens (including phenoxy) is 2. The molecular weight excluding hydrogens is 490 g/mol. The fourth-order valence-corrected chi connectivity index (χ4v) is 4.87. The Morgan fingerprint density at radius 2 is 1.74 bits per heavy atom. The number of amides is 1. The predicted octanol–water partition coefficient (Wildman–Crippen LogP) is 4.89. The van der Waals surface area contributed by atoms with Gasteiger partial charge in [0.15, 0.2) is 5.82 Å². The first kappa shape index (κ1) is 26.0. The van der Waals surface area contributed by atoms with Crippen molar-refractivity contribution >= 4 is 11.7 Å². The molecule has 0 aliphatic carbocycles. The van der Waals surface area contributed by atoms with Gasteiger partial charge in [0.2, 0.25) is 0 Å². The highest BCUT2D eigenvalue weighted by molar-refractivity contribution is 6.03. The summed E-state index contributed by atoms with van der Waals surface area (Å²) in [5.41, 5.74) is 6.97. The Labute approximate surface area is 228 Å². The van der Waals surface area contributed by atoms with E-state index in [1.54, 1.807) is 14.2 Å². The van der Waals surface area contributed by atoms with Gasteiger partial charge in [0.1, 0.15) is 11.5 Å². The van der Waals surface area contributed by atoms with Gasteiger partial charge in [0, 0.05) is 43.0 Å². The minimum absolute atomic E-state index is 0.201. The lowest BCUT2D eigenvalue weighted by atomic mass is 9.97. The van der Waals surface area contributed by atoms with Crippen LogP contribution in [0.3, 0.4) is 0 Å². The average molecular weight is 522 g/mol. The van der Waals surface area contributed by atoms with E-state index in [4.69, 9.17) is 9.47 Å². The number of H-pyrrole nitrogens is 1. The molecule has 5 rings (SSSR count). The number of aryl methyl sites for hydroxylation is 2. The van der Waals surface area contributed by atoms with E-state index >= 15 is 0 Å². The van der Waals surface area contributed by atoms with Crippen LogP contribution in [0, 0.1) is 11.3 Å². The van der Waals surface area contributed by atoms with Crippen molar-refractivity contribution in [3.05, 3.63) is 106 Å². The number of aromatic nitrogens is 2. The van der Waals surface area contributed by atoms with Crippen LogP contribution in [0.4, 0.5) is 5.82 Å². The number of fused-ring (bicyclic) bond motifs is 1. The molecule has 198 valence electrons. The van der Waals surface area contributed by atoms with Crippen LogP contribution >= 0.6 is 0 Å². The predicted molar refractivity (Wildman–Crippen MR) is 149 cm³/mol. The minimum atomic E-state index is -0.201. The van der Waals surface area contributed by atoms with Crippen molar-refractivity contribution in [1.29, 1.82) is 5.26 Å². The van der Waals surface area contributed by atoms with E-state index in [1.165, 1.54) is 11.1 Å². The number of carbonyl (C=O) groups is 1. The maximum absolute atomic E-state index is 12.8. The third-order valence-corrected chi connectivity index (χ3v) is 7.02. The van der Waals surface area contributed by atoms with Crippen molar-refractivity contribution in [2.45, 2.75) is 32.4 Å². The number of benzene rings is 3. The molecule has 0 atom stereocenters. The highest BCUT2D eigenvalue weighted by Gasteiger charge is 2.17. The van der Waals surface area contributed by atoms with Crippen molar-refractivity contribution in [3.8, 4) is 17.6 Å². The van der Waals surface area contributed by atoms with E-state index in [0.717, 1.165) is 67.2 Å². The summed E-state index contributed by atoms with van der Waals surface area (Å²) in [5, 5.41) is 19.3. The maximum atomic E-state index is 12.8. The van der Waals surface area contributed by atoms with Gasteiger partial charge in [-0.2, -0.15) is 10.4 Å². The number of nitrogens with one attached hydrogen (secondary N) is 2. The normalized spacial score (nSPS) is 12.8. The van der Waals surface area contributed by atoms with Crippen LogP contribution in [0.2, 0.25) is 0 Å². The molecule has 39 heavy (non-hydrogen) atoms. The second-order valence-corrected chi connectivity index (χ2v) is 9.71. The molecule has 4 aromatic rings. The zero-order valence-electron chi connectivity index (χ0n) is 22.2. The van der Waals surface area contributed by atoms with Gasteiger partial charge in [-0.05, 0) is 77.9 Å². The Morgan fingerprint density at radius 1 is 0.974 bits per heavy atom. The van der Waals surface area contributed by atoms with Crippen molar-refractivity contribution in [3.63, 3.8) is 0 Å². The smallest absolute Gasteiger partial charge is 0.256 e. The molecule has 1 aliphatic rings. The van der Waals surface area contributed by atoms with Crippen LogP contribution in [-0.4, -0.2) is 41.8 Å². The molecule has 0 radical (unpaired) electrons. The van der Waals surface area contributed by atoms with Crippen LogP contribution in [-0.2, 0) is 32.4 Å². The van der Waals surface area contributed by atoms with Crippen LogP contribution in [0.25, 0.3) is 0 Å². The third kappa shape index (κ3) is 6.46. The summed E-state index contributed by atoms with van der Waals surface area (Å²) in [5.74, 6) is 1.80. The number of nitrogens with zero attached hydrogens (tertiary/aromatic N) is 3. The molecule has 1 aliphatic heterocycles. The Balaban J connectivity index is 1.14. The van der Waals surface area contributed by atoms with Gasteiger partial charge in [-0.15, -0.1) is 0 Å². The summed E-state index contributed by atoms with van der Waals surface area (Å²) >= 11 is 0. The molecule has 0 fully saturated rings. The first-order chi connectivity index (χ1) is 19.0. The number of hydrogen-bond donors (Lipinski definition) is 2. The van der Waals surface area contributed by atoms with Crippen LogP contribution in [0.1, 0.15) is 43.9 Å². The second kappa shape index (κ2) is 11.8. The summed E-state index contributed by atoms with van der Waals surface area (Å²) in [7, 11) is 3.27. The standard InChI is InChI=1S/C31H31N5O3/c1-38-28-14-22(15-29(17-28)39-2)6-10-27-16-30(35-34-27)33-31(37)25-8-3-21(4-9-25)19-36-12-11-24-7-5-23(18-32)13-26(24)20-36/h3-5,7-9,13-17H,6,10-12,19-20H2,1-2H3,(H2,33,34,35,37). The Bertz CT molecular complexity index is 1480. The maximum Gasteiger partial charge on any atom is 0.256 e. The number of aromatic amines is 1. The molecular formula is C31H31N5O3. The summed E-state index contributed by atoms with van der Waals surface area (Å²) in [6, 6.07) is 23.5.